The molecular formula is C10H15N3O2. The van der Waals surface area contributed by atoms with Crippen molar-refractivity contribution in [3.8, 4) is 0 Å². The second-order valence-electron chi connectivity index (χ2n) is 3.47. The molecule has 1 unspecified atom stereocenters. The summed E-state index contributed by atoms with van der Waals surface area (Å²) in [5, 5.41) is 2.75. The molecule has 0 fully saturated rings. The molecule has 0 aliphatic rings. The molecule has 0 aromatic carbocycles. The molecule has 0 spiro atoms. The van der Waals surface area contributed by atoms with E-state index in [0.717, 1.165) is 0 Å². The van der Waals surface area contributed by atoms with Crippen molar-refractivity contribution >= 4 is 11.7 Å². The molecule has 2 N–H and O–H groups in total. The van der Waals surface area contributed by atoms with Gasteiger partial charge in [0, 0.05) is 25.2 Å². The van der Waals surface area contributed by atoms with Crippen LogP contribution in [0, 0.1) is 0 Å². The first-order valence-electron chi connectivity index (χ1n) is 4.87. The molecule has 0 bridgehead atoms. The van der Waals surface area contributed by atoms with E-state index in [-0.39, 0.29) is 30.6 Å². The number of H-pyrrole nitrogens is 1. The maximum absolute atomic E-state index is 11.3. The van der Waals surface area contributed by atoms with Gasteiger partial charge in [-0.25, -0.2) is 4.98 Å². The van der Waals surface area contributed by atoms with Crippen LogP contribution in [-0.2, 0) is 9.59 Å². The van der Waals surface area contributed by atoms with Crippen molar-refractivity contribution in [3.05, 3.63) is 18.2 Å². The number of ketones is 1. The summed E-state index contributed by atoms with van der Waals surface area (Å²) in [4.78, 5) is 29.0. The normalized spacial score (nSPS) is 12.1. The van der Waals surface area contributed by atoms with Gasteiger partial charge in [0.2, 0.25) is 5.91 Å². The number of nitrogens with zero attached hydrogens (tertiary/aromatic N) is 1. The van der Waals surface area contributed by atoms with Gasteiger partial charge in [-0.1, -0.05) is 0 Å². The molecule has 1 heterocycles. The lowest BCUT2D eigenvalue weighted by Gasteiger charge is -2.10. The predicted molar refractivity (Wildman–Crippen MR) is 55.1 cm³/mol. The van der Waals surface area contributed by atoms with Crippen LogP contribution in [0.3, 0.4) is 0 Å². The van der Waals surface area contributed by atoms with Crippen LogP contribution in [-0.4, -0.2) is 21.7 Å². The Morgan fingerprint density at radius 1 is 1.53 bits per heavy atom. The SMILES string of the molecule is CC(=O)CCC(=O)NC(C)c1ncc[nH]1. The van der Waals surface area contributed by atoms with Crippen molar-refractivity contribution in [2.75, 3.05) is 0 Å². The maximum atomic E-state index is 11.3. The summed E-state index contributed by atoms with van der Waals surface area (Å²) in [6.45, 7) is 3.31. The largest absolute Gasteiger partial charge is 0.347 e. The number of rotatable bonds is 5. The molecule has 1 aromatic heterocycles. The Morgan fingerprint density at radius 3 is 2.80 bits per heavy atom. The highest BCUT2D eigenvalue weighted by Crippen LogP contribution is 2.05. The van der Waals surface area contributed by atoms with Crippen molar-refractivity contribution in [2.45, 2.75) is 32.7 Å². The number of aromatic nitrogens is 2. The van der Waals surface area contributed by atoms with Crippen molar-refractivity contribution in [1.82, 2.24) is 15.3 Å². The lowest BCUT2D eigenvalue weighted by atomic mass is 10.2. The fourth-order valence-corrected chi connectivity index (χ4v) is 1.19. The average molecular weight is 209 g/mol. The first-order chi connectivity index (χ1) is 7.09. The molecule has 0 saturated heterocycles. The highest BCUT2D eigenvalue weighted by Gasteiger charge is 2.11. The summed E-state index contributed by atoms with van der Waals surface area (Å²) in [7, 11) is 0. The number of hydrogen-bond donors (Lipinski definition) is 2. The van der Waals surface area contributed by atoms with E-state index in [2.05, 4.69) is 15.3 Å². The molecule has 5 nitrogen and oxygen atoms in total. The third-order valence-corrected chi connectivity index (χ3v) is 2.01. The first-order valence-corrected chi connectivity index (χ1v) is 4.87. The quantitative estimate of drug-likeness (QED) is 0.758. The zero-order valence-corrected chi connectivity index (χ0v) is 8.91. The number of aromatic amines is 1. The second kappa shape index (κ2) is 5.29. The van der Waals surface area contributed by atoms with Gasteiger partial charge >= 0.3 is 0 Å². The molecule has 1 rings (SSSR count). The van der Waals surface area contributed by atoms with Crippen LogP contribution in [0.4, 0.5) is 0 Å². The van der Waals surface area contributed by atoms with Crippen LogP contribution >= 0.6 is 0 Å². The molecule has 15 heavy (non-hydrogen) atoms. The highest BCUT2D eigenvalue weighted by molar-refractivity contribution is 5.83. The molecule has 0 aliphatic carbocycles. The van der Waals surface area contributed by atoms with Crippen molar-refractivity contribution in [2.24, 2.45) is 0 Å². The number of hydrogen-bond acceptors (Lipinski definition) is 3. The minimum absolute atomic E-state index is 0.0239. The standard InChI is InChI=1S/C10H15N3O2/c1-7(14)3-4-9(15)13-8(2)10-11-5-6-12-10/h5-6,8H,3-4H2,1-2H3,(H,11,12)(H,13,15). The number of imidazole rings is 1. The fourth-order valence-electron chi connectivity index (χ4n) is 1.19. The summed E-state index contributed by atoms with van der Waals surface area (Å²) >= 11 is 0. The van der Waals surface area contributed by atoms with Gasteiger partial charge in [-0.05, 0) is 13.8 Å². The zero-order valence-electron chi connectivity index (χ0n) is 8.91. The van der Waals surface area contributed by atoms with Crippen LogP contribution in [0.1, 0.15) is 38.6 Å². The van der Waals surface area contributed by atoms with Gasteiger partial charge in [0.25, 0.3) is 0 Å². The molecular weight excluding hydrogens is 194 g/mol. The number of amides is 1. The number of Topliss-reactive ketones (excluding diaryl/α,β-unsaturated/α-hetero) is 1. The average Bonchev–Trinajstić information content (AvgIpc) is 2.67. The van der Waals surface area contributed by atoms with Gasteiger partial charge in [-0.3, -0.25) is 4.79 Å². The molecule has 82 valence electrons. The van der Waals surface area contributed by atoms with Gasteiger partial charge in [0.15, 0.2) is 0 Å². The van der Waals surface area contributed by atoms with Crippen LogP contribution in [0.2, 0.25) is 0 Å². The highest BCUT2D eigenvalue weighted by atomic mass is 16.2. The Hall–Kier alpha value is -1.65. The lowest BCUT2D eigenvalue weighted by molar-refractivity contribution is -0.125. The van der Waals surface area contributed by atoms with Gasteiger partial charge in [-0.15, -0.1) is 0 Å². The molecule has 1 aromatic rings. The summed E-state index contributed by atoms with van der Waals surface area (Å²) in [6, 6.07) is -0.153. The van der Waals surface area contributed by atoms with Crippen molar-refractivity contribution in [1.29, 1.82) is 0 Å². The number of carbonyl (C=O) groups is 2. The van der Waals surface area contributed by atoms with Crippen LogP contribution < -0.4 is 5.32 Å². The number of carbonyl (C=O) groups excluding carboxylic acids is 2. The van der Waals surface area contributed by atoms with E-state index in [0.29, 0.717) is 5.82 Å². The first kappa shape index (κ1) is 11.4. The maximum Gasteiger partial charge on any atom is 0.221 e. The van der Waals surface area contributed by atoms with Crippen LogP contribution in [0.15, 0.2) is 12.4 Å². The Bertz CT molecular complexity index is 332. The smallest absolute Gasteiger partial charge is 0.221 e. The minimum atomic E-state index is -0.153. The van der Waals surface area contributed by atoms with Gasteiger partial charge < -0.3 is 15.1 Å². The third-order valence-electron chi connectivity index (χ3n) is 2.01. The zero-order chi connectivity index (χ0) is 11.3. The summed E-state index contributed by atoms with van der Waals surface area (Å²) in [5.74, 6) is 0.607. The topological polar surface area (TPSA) is 74.8 Å². The monoisotopic (exact) mass is 209 g/mol. The van der Waals surface area contributed by atoms with Crippen LogP contribution in [0.25, 0.3) is 0 Å². The van der Waals surface area contributed by atoms with E-state index in [9.17, 15) is 9.59 Å². The van der Waals surface area contributed by atoms with E-state index in [1.54, 1.807) is 12.4 Å². The molecule has 0 radical (unpaired) electrons. The summed E-state index contributed by atoms with van der Waals surface area (Å²) < 4.78 is 0. The molecule has 1 amide bonds. The predicted octanol–water partition coefficient (Wildman–Crippen LogP) is 0.956. The van der Waals surface area contributed by atoms with E-state index in [1.807, 2.05) is 6.92 Å². The Labute approximate surface area is 88.3 Å². The minimum Gasteiger partial charge on any atom is -0.347 e. The second-order valence-corrected chi connectivity index (χ2v) is 3.47. The van der Waals surface area contributed by atoms with Gasteiger partial charge in [0.05, 0.1) is 6.04 Å². The summed E-state index contributed by atoms with van der Waals surface area (Å²) in [5.41, 5.74) is 0. The van der Waals surface area contributed by atoms with Crippen molar-refractivity contribution < 1.29 is 9.59 Å². The van der Waals surface area contributed by atoms with Crippen molar-refractivity contribution in [3.63, 3.8) is 0 Å². The Morgan fingerprint density at radius 2 is 2.27 bits per heavy atom. The van der Waals surface area contributed by atoms with Gasteiger partial charge in [-0.2, -0.15) is 0 Å². The van der Waals surface area contributed by atoms with Gasteiger partial charge in [0.1, 0.15) is 11.6 Å². The fraction of sp³-hybridized carbons (Fsp3) is 0.500. The Kier molecular flexibility index (Phi) is 4.03. The third kappa shape index (κ3) is 3.93. The number of nitrogens with one attached hydrogen (secondary N) is 2. The van der Waals surface area contributed by atoms with E-state index < -0.39 is 0 Å². The Balaban J connectivity index is 2.35. The van der Waals surface area contributed by atoms with E-state index in [4.69, 9.17) is 0 Å². The van der Waals surface area contributed by atoms with E-state index in [1.165, 1.54) is 6.92 Å². The molecule has 1 atom stereocenters. The lowest BCUT2D eigenvalue weighted by Crippen LogP contribution is -2.27. The molecule has 0 saturated carbocycles. The molecule has 0 aliphatic heterocycles. The summed E-state index contributed by atoms with van der Waals surface area (Å²) in [6.07, 6.45) is 3.86. The van der Waals surface area contributed by atoms with Crippen LogP contribution in [0.5, 0.6) is 0 Å². The van der Waals surface area contributed by atoms with E-state index >= 15 is 0 Å². The molecule has 5 heteroatoms.